The Hall–Kier alpha value is -2.39. The molecule has 0 spiro atoms. The van der Waals surface area contributed by atoms with Gasteiger partial charge in [-0.05, 0) is 44.2 Å². The molecule has 1 saturated heterocycles. The molecule has 29 heavy (non-hydrogen) atoms. The minimum absolute atomic E-state index is 0.0233. The fraction of sp³-hybridized carbons (Fsp3) is 0.650. The first-order valence-electron chi connectivity index (χ1n) is 10.2. The summed E-state index contributed by atoms with van der Waals surface area (Å²) in [6, 6.07) is 3.96. The van der Waals surface area contributed by atoms with E-state index in [1.807, 2.05) is 24.0 Å². The van der Waals surface area contributed by atoms with E-state index < -0.39 is 12.2 Å². The summed E-state index contributed by atoms with van der Waals surface area (Å²) in [5, 5.41) is 14.3. The number of aryl methyl sites for hydroxylation is 1. The number of nitrogens with one attached hydrogen (secondary N) is 2. The molecule has 9 heteroatoms. The second kappa shape index (κ2) is 9.89. The van der Waals surface area contributed by atoms with Gasteiger partial charge in [0.1, 0.15) is 6.10 Å². The average molecular weight is 406 g/mol. The Kier molecular flexibility index (Phi) is 7.27. The summed E-state index contributed by atoms with van der Waals surface area (Å²) in [6.45, 7) is 4.23. The molecule has 2 fully saturated rings. The van der Waals surface area contributed by atoms with Crippen molar-refractivity contribution in [3.63, 3.8) is 0 Å². The highest BCUT2D eigenvalue weighted by Crippen LogP contribution is 2.36. The monoisotopic (exact) mass is 406 g/mol. The van der Waals surface area contributed by atoms with E-state index in [9.17, 15) is 9.59 Å². The number of rotatable bonds is 9. The second-order valence-corrected chi connectivity index (χ2v) is 7.49. The molecule has 2 aliphatic rings. The SMILES string of the molecule is COc1cc(C(C)N(C(=O)[C@H]2CNCCO2)C2CC2)cc(CCCNC(=O)O)n1. The summed E-state index contributed by atoms with van der Waals surface area (Å²) in [6.07, 6.45) is 1.78. The third kappa shape index (κ3) is 5.80. The van der Waals surface area contributed by atoms with Gasteiger partial charge in [0.2, 0.25) is 5.88 Å². The number of carbonyl (C=O) groups is 2. The highest BCUT2D eigenvalue weighted by molar-refractivity contribution is 5.82. The number of aromatic nitrogens is 1. The van der Waals surface area contributed by atoms with Crippen molar-refractivity contribution in [2.45, 2.75) is 50.8 Å². The summed E-state index contributed by atoms with van der Waals surface area (Å²) in [5.41, 5.74) is 1.78. The largest absolute Gasteiger partial charge is 0.481 e. The van der Waals surface area contributed by atoms with Crippen LogP contribution in [0.15, 0.2) is 12.1 Å². The van der Waals surface area contributed by atoms with E-state index >= 15 is 0 Å². The average Bonchev–Trinajstić information content (AvgIpc) is 3.56. The zero-order valence-corrected chi connectivity index (χ0v) is 17.0. The van der Waals surface area contributed by atoms with Gasteiger partial charge < -0.3 is 30.1 Å². The van der Waals surface area contributed by atoms with Gasteiger partial charge in [0, 0.05) is 37.4 Å². The lowest BCUT2D eigenvalue weighted by molar-refractivity contribution is -0.148. The topological polar surface area (TPSA) is 113 Å². The number of morpholine rings is 1. The van der Waals surface area contributed by atoms with Crippen molar-refractivity contribution in [2.75, 3.05) is 33.4 Å². The Balaban J connectivity index is 1.74. The van der Waals surface area contributed by atoms with Gasteiger partial charge in [0.05, 0.1) is 19.8 Å². The lowest BCUT2D eigenvalue weighted by atomic mass is 10.0. The number of hydrogen-bond donors (Lipinski definition) is 3. The molecule has 0 radical (unpaired) electrons. The van der Waals surface area contributed by atoms with Gasteiger partial charge in [-0.1, -0.05) is 0 Å². The maximum atomic E-state index is 13.2. The quantitative estimate of drug-likeness (QED) is 0.530. The number of hydrogen-bond acceptors (Lipinski definition) is 6. The predicted octanol–water partition coefficient (Wildman–Crippen LogP) is 1.33. The first kappa shape index (κ1) is 21.3. The Morgan fingerprint density at radius 1 is 1.45 bits per heavy atom. The lowest BCUT2D eigenvalue weighted by Gasteiger charge is -2.34. The van der Waals surface area contributed by atoms with Crippen LogP contribution in [0, 0.1) is 0 Å². The highest BCUT2D eigenvalue weighted by Gasteiger charge is 2.40. The number of pyridine rings is 1. The van der Waals surface area contributed by atoms with Gasteiger partial charge in [-0.2, -0.15) is 0 Å². The van der Waals surface area contributed by atoms with E-state index in [4.69, 9.17) is 14.6 Å². The van der Waals surface area contributed by atoms with Crippen LogP contribution in [0.1, 0.15) is 43.5 Å². The fourth-order valence-electron chi connectivity index (χ4n) is 3.61. The van der Waals surface area contributed by atoms with Gasteiger partial charge in [0.25, 0.3) is 5.91 Å². The van der Waals surface area contributed by atoms with Crippen LogP contribution in [0.2, 0.25) is 0 Å². The van der Waals surface area contributed by atoms with Gasteiger partial charge in [-0.25, -0.2) is 9.78 Å². The molecular formula is C20H30N4O5. The zero-order chi connectivity index (χ0) is 20.8. The van der Waals surface area contributed by atoms with Crippen molar-refractivity contribution in [3.8, 4) is 5.88 Å². The minimum Gasteiger partial charge on any atom is -0.481 e. The summed E-state index contributed by atoms with van der Waals surface area (Å²) < 4.78 is 11.1. The molecule has 9 nitrogen and oxygen atoms in total. The molecule has 0 aromatic carbocycles. The summed E-state index contributed by atoms with van der Waals surface area (Å²) in [4.78, 5) is 30.2. The van der Waals surface area contributed by atoms with Crippen LogP contribution < -0.4 is 15.4 Å². The number of nitrogens with zero attached hydrogens (tertiary/aromatic N) is 2. The third-order valence-electron chi connectivity index (χ3n) is 5.27. The Bertz CT molecular complexity index is 719. The molecule has 1 aliphatic carbocycles. The molecule has 1 aliphatic heterocycles. The Morgan fingerprint density at radius 3 is 2.86 bits per heavy atom. The van der Waals surface area contributed by atoms with Crippen LogP contribution in [-0.2, 0) is 16.0 Å². The van der Waals surface area contributed by atoms with Crippen LogP contribution in [0.25, 0.3) is 0 Å². The first-order chi connectivity index (χ1) is 14.0. The molecule has 0 bridgehead atoms. The van der Waals surface area contributed by atoms with Gasteiger partial charge in [-0.3, -0.25) is 4.79 Å². The van der Waals surface area contributed by atoms with Crippen molar-refractivity contribution in [1.82, 2.24) is 20.5 Å². The maximum Gasteiger partial charge on any atom is 0.404 e. The number of methoxy groups -OCH3 is 1. The number of amides is 2. The van der Waals surface area contributed by atoms with E-state index in [0.717, 1.165) is 30.6 Å². The molecule has 1 aromatic heterocycles. The van der Waals surface area contributed by atoms with Gasteiger partial charge in [-0.15, -0.1) is 0 Å². The molecular weight excluding hydrogens is 376 g/mol. The smallest absolute Gasteiger partial charge is 0.404 e. The molecule has 2 amide bonds. The highest BCUT2D eigenvalue weighted by atomic mass is 16.5. The molecule has 1 saturated carbocycles. The predicted molar refractivity (Wildman–Crippen MR) is 106 cm³/mol. The van der Waals surface area contributed by atoms with Crippen LogP contribution in [-0.4, -0.2) is 72.5 Å². The molecule has 1 unspecified atom stereocenters. The molecule has 3 N–H and O–H groups in total. The van der Waals surface area contributed by atoms with Crippen molar-refractivity contribution >= 4 is 12.0 Å². The first-order valence-corrected chi connectivity index (χ1v) is 10.2. The minimum atomic E-state index is -1.03. The third-order valence-corrected chi connectivity index (χ3v) is 5.27. The van der Waals surface area contributed by atoms with Crippen LogP contribution in [0.3, 0.4) is 0 Å². The normalized spacial score (nSPS) is 20.0. The van der Waals surface area contributed by atoms with Crippen LogP contribution in [0.4, 0.5) is 4.79 Å². The standard InChI is InChI=1S/C20H30N4O5/c1-13(24(16-5-6-16)19(25)17-12-21-8-9-29-17)14-10-15(23-18(11-14)28-2)4-3-7-22-20(26)27/h10-11,13,16-17,21-22H,3-9,12H2,1-2H3,(H,26,27)/t13?,17-/m1/s1. The van der Waals surface area contributed by atoms with Gasteiger partial charge in [0.15, 0.2) is 0 Å². The Morgan fingerprint density at radius 2 is 2.24 bits per heavy atom. The number of ether oxygens (including phenoxy) is 2. The van der Waals surface area contributed by atoms with Crippen molar-refractivity contribution in [1.29, 1.82) is 0 Å². The van der Waals surface area contributed by atoms with E-state index in [2.05, 4.69) is 15.6 Å². The molecule has 2 heterocycles. The van der Waals surface area contributed by atoms with Crippen LogP contribution >= 0.6 is 0 Å². The fourth-order valence-corrected chi connectivity index (χ4v) is 3.61. The second-order valence-electron chi connectivity index (χ2n) is 7.49. The molecule has 3 rings (SSSR count). The lowest BCUT2D eigenvalue weighted by Crippen LogP contribution is -2.50. The zero-order valence-electron chi connectivity index (χ0n) is 17.0. The maximum absolute atomic E-state index is 13.2. The van der Waals surface area contributed by atoms with E-state index in [-0.39, 0.29) is 18.0 Å². The van der Waals surface area contributed by atoms with E-state index in [1.165, 1.54) is 0 Å². The van der Waals surface area contributed by atoms with Gasteiger partial charge >= 0.3 is 6.09 Å². The summed E-state index contributed by atoms with van der Waals surface area (Å²) in [5.74, 6) is 0.518. The van der Waals surface area contributed by atoms with Crippen molar-refractivity contribution in [3.05, 3.63) is 23.4 Å². The molecule has 1 aromatic rings. The van der Waals surface area contributed by atoms with Crippen molar-refractivity contribution < 1.29 is 24.2 Å². The van der Waals surface area contributed by atoms with E-state index in [0.29, 0.717) is 38.4 Å². The molecule has 2 atom stereocenters. The van der Waals surface area contributed by atoms with E-state index in [1.54, 1.807) is 7.11 Å². The number of carbonyl (C=O) groups excluding carboxylic acids is 1. The van der Waals surface area contributed by atoms with Crippen molar-refractivity contribution in [2.24, 2.45) is 0 Å². The summed E-state index contributed by atoms with van der Waals surface area (Å²) >= 11 is 0. The summed E-state index contributed by atoms with van der Waals surface area (Å²) in [7, 11) is 1.57. The van der Waals surface area contributed by atoms with Crippen LogP contribution in [0.5, 0.6) is 5.88 Å². The Labute approximate surface area is 170 Å². The number of carboxylic acid groups (broad SMARTS) is 1. The molecule has 160 valence electrons.